The Morgan fingerprint density at radius 3 is 2.57 bits per heavy atom. The van der Waals surface area contributed by atoms with Crippen LogP contribution in [0, 0.1) is 6.92 Å². The maximum atomic E-state index is 11.6. The molecule has 14 heavy (non-hydrogen) atoms. The molecule has 3 nitrogen and oxygen atoms in total. The second-order valence-electron chi connectivity index (χ2n) is 2.95. The smallest absolute Gasteiger partial charge is 0.211 e. The van der Waals surface area contributed by atoms with E-state index >= 15 is 0 Å². The minimum absolute atomic E-state index is 0.317. The predicted molar refractivity (Wildman–Crippen MR) is 59.3 cm³/mol. The Labute approximate surface area is 90.0 Å². The topological polar surface area (TPSA) is 46.2 Å². The zero-order chi connectivity index (χ0) is 10.8. The molecule has 0 aliphatic rings. The number of hydrogen-bond acceptors (Lipinski definition) is 3. The normalized spacial score (nSPS) is 11.6. The van der Waals surface area contributed by atoms with Crippen LogP contribution in [0.5, 0.6) is 0 Å². The van der Waals surface area contributed by atoms with Crippen molar-refractivity contribution in [3.05, 3.63) is 23.8 Å². The van der Waals surface area contributed by atoms with Gasteiger partial charge in [-0.05, 0) is 30.7 Å². The Morgan fingerprint density at radius 2 is 2.07 bits per heavy atom. The van der Waals surface area contributed by atoms with Gasteiger partial charge in [0.2, 0.25) is 10.0 Å². The lowest BCUT2D eigenvalue weighted by atomic mass is 10.2. The van der Waals surface area contributed by atoms with Crippen molar-refractivity contribution in [2.24, 2.45) is 0 Å². The Balaban J connectivity index is 3.20. The molecule has 1 rings (SSSR count). The van der Waals surface area contributed by atoms with E-state index in [2.05, 4.69) is 17.4 Å². The molecule has 78 valence electrons. The lowest BCUT2D eigenvalue weighted by Gasteiger charge is -2.07. The van der Waals surface area contributed by atoms with Crippen molar-refractivity contribution in [3.63, 3.8) is 0 Å². The second kappa shape index (κ2) is 4.33. The Kier molecular flexibility index (Phi) is 3.58. The predicted octanol–water partition coefficient (Wildman–Crippen LogP) is 1.58. The maximum Gasteiger partial charge on any atom is 0.240 e. The molecule has 0 aromatic heterocycles. The van der Waals surface area contributed by atoms with E-state index in [-0.39, 0.29) is 0 Å². The zero-order valence-corrected chi connectivity index (χ0v) is 9.82. The molecule has 5 heteroatoms. The fourth-order valence-electron chi connectivity index (χ4n) is 1.20. The highest BCUT2D eigenvalue weighted by Gasteiger charge is 2.14. The lowest BCUT2D eigenvalue weighted by Crippen LogP contribution is -2.23. The van der Waals surface area contributed by atoms with Gasteiger partial charge < -0.3 is 0 Å². The third kappa shape index (κ3) is 2.50. The highest BCUT2D eigenvalue weighted by atomic mass is 32.2. The Bertz CT molecular complexity index is 426. The molecule has 0 bridgehead atoms. The van der Waals surface area contributed by atoms with Crippen LogP contribution < -0.4 is 4.72 Å². The van der Waals surface area contributed by atoms with E-state index in [1.807, 2.05) is 0 Å². The van der Waals surface area contributed by atoms with Crippen molar-refractivity contribution < 1.29 is 8.42 Å². The monoisotopic (exact) mass is 231 g/mol. The van der Waals surface area contributed by atoms with Gasteiger partial charge in [0.05, 0.1) is 4.90 Å². The minimum atomic E-state index is -3.34. The van der Waals surface area contributed by atoms with Crippen molar-refractivity contribution in [3.8, 4) is 0 Å². The summed E-state index contributed by atoms with van der Waals surface area (Å²) in [6.07, 6.45) is 0. The Morgan fingerprint density at radius 1 is 1.43 bits per heavy atom. The summed E-state index contributed by atoms with van der Waals surface area (Å²) in [5.41, 5.74) is 0.707. The van der Waals surface area contributed by atoms with E-state index < -0.39 is 10.0 Å². The third-order valence-corrected chi connectivity index (χ3v) is 3.77. The Hall–Kier alpha value is -0.520. The van der Waals surface area contributed by atoms with Gasteiger partial charge in [0, 0.05) is 11.4 Å². The van der Waals surface area contributed by atoms with Crippen LogP contribution >= 0.6 is 12.6 Å². The molecule has 1 aromatic carbocycles. The standard InChI is InChI=1S/C9H13NO2S2/c1-3-10-14(11,12)9-5-4-8(13)6-7(9)2/h4-6,10,13H,3H2,1-2H3. The van der Waals surface area contributed by atoms with E-state index in [1.54, 1.807) is 32.0 Å². The molecule has 1 N–H and O–H groups in total. The highest BCUT2D eigenvalue weighted by molar-refractivity contribution is 7.89. The maximum absolute atomic E-state index is 11.6. The fraction of sp³-hybridized carbons (Fsp3) is 0.333. The number of rotatable bonds is 3. The molecule has 0 fully saturated rings. The molecule has 1 aromatic rings. The fourth-order valence-corrected chi connectivity index (χ4v) is 2.74. The van der Waals surface area contributed by atoms with Gasteiger partial charge in [-0.1, -0.05) is 6.92 Å². The largest absolute Gasteiger partial charge is 0.240 e. The molecule has 0 aliphatic heterocycles. The summed E-state index contributed by atoms with van der Waals surface area (Å²) in [6, 6.07) is 4.96. The van der Waals surface area contributed by atoms with Gasteiger partial charge in [-0.15, -0.1) is 12.6 Å². The summed E-state index contributed by atoms with van der Waals surface area (Å²) in [5.74, 6) is 0. The number of nitrogens with one attached hydrogen (secondary N) is 1. The first kappa shape index (κ1) is 11.6. The van der Waals surface area contributed by atoms with E-state index in [0.717, 1.165) is 4.90 Å². The molecule has 0 aliphatic carbocycles. The lowest BCUT2D eigenvalue weighted by molar-refractivity contribution is 0.583. The van der Waals surface area contributed by atoms with E-state index in [9.17, 15) is 8.42 Å². The molecular weight excluding hydrogens is 218 g/mol. The number of sulfonamides is 1. The zero-order valence-electron chi connectivity index (χ0n) is 8.11. The van der Waals surface area contributed by atoms with Gasteiger partial charge in [0.1, 0.15) is 0 Å². The highest BCUT2D eigenvalue weighted by Crippen LogP contribution is 2.18. The van der Waals surface area contributed by atoms with Crippen LogP contribution in [-0.2, 0) is 10.0 Å². The van der Waals surface area contributed by atoms with Crippen LogP contribution in [0.25, 0.3) is 0 Å². The molecule has 0 amide bonds. The van der Waals surface area contributed by atoms with Crippen LogP contribution in [0.15, 0.2) is 28.0 Å². The van der Waals surface area contributed by atoms with E-state index in [0.29, 0.717) is 17.0 Å². The van der Waals surface area contributed by atoms with Crippen molar-refractivity contribution in [1.29, 1.82) is 0 Å². The van der Waals surface area contributed by atoms with Crippen LogP contribution in [-0.4, -0.2) is 15.0 Å². The van der Waals surface area contributed by atoms with Gasteiger partial charge in [-0.25, -0.2) is 13.1 Å². The summed E-state index contributed by atoms with van der Waals surface area (Å²) in [6.45, 7) is 3.90. The summed E-state index contributed by atoms with van der Waals surface area (Å²) in [5, 5.41) is 0. The number of thiol groups is 1. The van der Waals surface area contributed by atoms with Crippen LogP contribution in [0.4, 0.5) is 0 Å². The number of hydrogen-bond donors (Lipinski definition) is 2. The van der Waals surface area contributed by atoms with Crippen molar-refractivity contribution >= 4 is 22.7 Å². The quantitative estimate of drug-likeness (QED) is 0.776. The van der Waals surface area contributed by atoms with E-state index in [1.165, 1.54) is 0 Å². The van der Waals surface area contributed by atoms with Crippen molar-refractivity contribution in [2.75, 3.05) is 6.54 Å². The number of benzene rings is 1. The van der Waals surface area contributed by atoms with Crippen LogP contribution in [0.3, 0.4) is 0 Å². The van der Waals surface area contributed by atoms with Gasteiger partial charge >= 0.3 is 0 Å². The minimum Gasteiger partial charge on any atom is -0.211 e. The molecule has 0 saturated heterocycles. The molecule has 0 heterocycles. The van der Waals surface area contributed by atoms with Gasteiger partial charge in [-0.2, -0.15) is 0 Å². The first-order valence-corrected chi connectivity index (χ1v) is 6.19. The van der Waals surface area contributed by atoms with Gasteiger partial charge in [-0.3, -0.25) is 0 Å². The second-order valence-corrected chi connectivity index (χ2v) is 5.20. The van der Waals surface area contributed by atoms with Crippen LogP contribution in [0.2, 0.25) is 0 Å². The molecule has 0 radical (unpaired) electrons. The molecule has 0 atom stereocenters. The average molecular weight is 231 g/mol. The van der Waals surface area contributed by atoms with Crippen molar-refractivity contribution in [2.45, 2.75) is 23.6 Å². The van der Waals surface area contributed by atoms with Crippen molar-refractivity contribution in [1.82, 2.24) is 4.72 Å². The van der Waals surface area contributed by atoms with E-state index in [4.69, 9.17) is 0 Å². The third-order valence-electron chi connectivity index (χ3n) is 1.78. The molecular formula is C9H13NO2S2. The summed E-state index contributed by atoms with van der Waals surface area (Å²) in [4.78, 5) is 1.08. The average Bonchev–Trinajstić information content (AvgIpc) is 2.02. The first-order valence-electron chi connectivity index (χ1n) is 4.26. The summed E-state index contributed by atoms with van der Waals surface area (Å²) < 4.78 is 25.7. The SMILES string of the molecule is CCNS(=O)(=O)c1ccc(S)cc1C. The summed E-state index contributed by atoms with van der Waals surface area (Å²) >= 11 is 4.13. The number of aryl methyl sites for hydroxylation is 1. The molecule has 0 spiro atoms. The first-order chi connectivity index (χ1) is 6.47. The summed E-state index contributed by atoms with van der Waals surface area (Å²) in [7, 11) is -3.34. The molecule has 0 saturated carbocycles. The van der Waals surface area contributed by atoms with Crippen LogP contribution in [0.1, 0.15) is 12.5 Å². The van der Waals surface area contributed by atoms with Gasteiger partial charge in [0.25, 0.3) is 0 Å². The van der Waals surface area contributed by atoms with Gasteiger partial charge in [0.15, 0.2) is 0 Å². The molecule has 0 unspecified atom stereocenters.